The first-order valence-electron chi connectivity index (χ1n) is 11.6. The number of nitrogens with one attached hydrogen (secondary N) is 1. The molecule has 2 saturated heterocycles. The van der Waals surface area contributed by atoms with Gasteiger partial charge in [0.05, 0.1) is 24.7 Å². The Labute approximate surface area is 210 Å². The summed E-state index contributed by atoms with van der Waals surface area (Å²) in [7, 11) is -3.82. The maximum atomic E-state index is 13.6. The van der Waals surface area contributed by atoms with Gasteiger partial charge in [-0.25, -0.2) is 8.42 Å². The second-order valence-electron chi connectivity index (χ2n) is 8.51. The second-order valence-corrected chi connectivity index (χ2v) is 11.5. The van der Waals surface area contributed by atoms with E-state index in [0.717, 1.165) is 4.90 Å². The summed E-state index contributed by atoms with van der Waals surface area (Å²) in [5, 5.41) is 2.83. The van der Waals surface area contributed by atoms with Crippen LogP contribution in [0.15, 0.2) is 58.3 Å². The van der Waals surface area contributed by atoms with Gasteiger partial charge in [-0.1, -0.05) is 18.2 Å². The Morgan fingerprint density at radius 2 is 1.71 bits per heavy atom. The molecule has 0 unspecified atom stereocenters. The maximum Gasteiger partial charge on any atom is 0.245 e. The first-order valence-corrected chi connectivity index (χ1v) is 14.0. The van der Waals surface area contributed by atoms with E-state index in [2.05, 4.69) is 5.32 Å². The van der Waals surface area contributed by atoms with Gasteiger partial charge in [-0.2, -0.15) is 4.31 Å². The van der Waals surface area contributed by atoms with Gasteiger partial charge in [0.2, 0.25) is 21.8 Å². The predicted octanol–water partition coefficient (Wildman–Crippen LogP) is 2.14. The first kappa shape index (κ1) is 25.5. The molecule has 4 rings (SSSR count). The van der Waals surface area contributed by atoms with Gasteiger partial charge in [-0.3, -0.25) is 9.59 Å². The normalized spacial score (nSPS) is 17.8. The van der Waals surface area contributed by atoms with E-state index < -0.39 is 10.0 Å². The number of morpholine rings is 1. The minimum atomic E-state index is -3.82. The number of amides is 2. The number of hydrogen-bond donors (Lipinski definition) is 2. The molecule has 2 heterocycles. The molecule has 3 N–H and O–H groups in total. The van der Waals surface area contributed by atoms with Crippen molar-refractivity contribution in [3.05, 3.63) is 48.5 Å². The third kappa shape index (κ3) is 6.35. The van der Waals surface area contributed by atoms with Gasteiger partial charge < -0.3 is 20.7 Å². The third-order valence-corrected chi connectivity index (χ3v) is 9.12. The average molecular weight is 519 g/mol. The summed E-state index contributed by atoms with van der Waals surface area (Å²) in [4.78, 5) is 27.2. The van der Waals surface area contributed by atoms with Crippen LogP contribution < -0.4 is 16.0 Å². The van der Waals surface area contributed by atoms with Crippen molar-refractivity contribution in [3.63, 3.8) is 0 Å². The van der Waals surface area contributed by atoms with Crippen LogP contribution in [0.2, 0.25) is 0 Å². The number of carbonyl (C=O) groups excluding carboxylic acids is 2. The predicted molar refractivity (Wildman–Crippen MR) is 136 cm³/mol. The van der Waals surface area contributed by atoms with E-state index in [-0.39, 0.29) is 41.5 Å². The van der Waals surface area contributed by atoms with Crippen LogP contribution in [0.25, 0.3) is 0 Å². The summed E-state index contributed by atoms with van der Waals surface area (Å²) in [5.74, 6) is -0.537. The standard InChI is InChI=1S/C24H30N4O5S2/c25-24(30)18-8-10-27(11-9-18)21-7-6-19(26-23(29)17-34-20-4-2-1-3-5-20)16-22(21)35(31,32)28-12-14-33-15-13-28/h1-7,16,18H,8-15,17H2,(H2,25,30)(H,26,29). The molecule has 2 aromatic carbocycles. The lowest BCUT2D eigenvalue weighted by atomic mass is 9.96. The summed E-state index contributed by atoms with van der Waals surface area (Å²) in [5.41, 5.74) is 6.45. The molecule has 0 bridgehead atoms. The number of ether oxygens (including phenoxy) is 1. The number of thioether (sulfide) groups is 1. The van der Waals surface area contributed by atoms with Crippen LogP contribution >= 0.6 is 11.8 Å². The fraction of sp³-hybridized carbons (Fsp3) is 0.417. The fourth-order valence-electron chi connectivity index (χ4n) is 4.25. The minimum absolute atomic E-state index is 0.144. The topological polar surface area (TPSA) is 122 Å². The number of benzene rings is 2. The molecule has 2 aromatic rings. The highest BCUT2D eigenvalue weighted by Crippen LogP contribution is 2.34. The number of anilines is 2. The Kier molecular flexibility index (Phi) is 8.32. The van der Waals surface area contributed by atoms with Gasteiger partial charge in [-0.05, 0) is 43.2 Å². The minimum Gasteiger partial charge on any atom is -0.379 e. The SMILES string of the molecule is NC(=O)C1CCN(c2ccc(NC(=O)CSc3ccccc3)cc2S(=O)(=O)N2CCOCC2)CC1. The van der Waals surface area contributed by atoms with E-state index in [1.807, 2.05) is 35.2 Å². The lowest BCUT2D eigenvalue weighted by Gasteiger charge is -2.35. The Balaban J connectivity index is 1.56. The summed E-state index contributed by atoms with van der Waals surface area (Å²) < 4.78 is 34.0. The number of carbonyl (C=O) groups is 2. The zero-order valence-corrected chi connectivity index (χ0v) is 21.0. The van der Waals surface area contributed by atoms with Gasteiger partial charge >= 0.3 is 0 Å². The molecule has 188 valence electrons. The monoisotopic (exact) mass is 518 g/mol. The lowest BCUT2D eigenvalue weighted by molar-refractivity contribution is -0.122. The molecule has 0 saturated carbocycles. The largest absolute Gasteiger partial charge is 0.379 e. The summed E-state index contributed by atoms with van der Waals surface area (Å²) in [6.07, 6.45) is 1.14. The van der Waals surface area contributed by atoms with Crippen molar-refractivity contribution in [2.24, 2.45) is 11.7 Å². The molecule has 35 heavy (non-hydrogen) atoms. The first-order chi connectivity index (χ1) is 16.8. The van der Waals surface area contributed by atoms with Crippen molar-refractivity contribution in [1.29, 1.82) is 0 Å². The average Bonchev–Trinajstić information content (AvgIpc) is 2.88. The van der Waals surface area contributed by atoms with Gasteiger partial charge in [0.1, 0.15) is 4.90 Å². The molecule has 2 aliphatic rings. The van der Waals surface area contributed by atoms with Crippen LogP contribution in [0.5, 0.6) is 0 Å². The molecule has 0 aliphatic carbocycles. The van der Waals surface area contributed by atoms with Crippen LogP contribution in [0.4, 0.5) is 11.4 Å². The maximum absolute atomic E-state index is 13.6. The molecule has 0 radical (unpaired) electrons. The van der Waals surface area contributed by atoms with Crippen LogP contribution in [0, 0.1) is 5.92 Å². The second kappa shape index (κ2) is 11.4. The Morgan fingerprint density at radius 1 is 1.03 bits per heavy atom. The number of rotatable bonds is 8. The summed E-state index contributed by atoms with van der Waals surface area (Å²) in [6, 6.07) is 14.6. The highest BCUT2D eigenvalue weighted by molar-refractivity contribution is 8.00. The van der Waals surface area contributed by atoms with Crippen molar-refractivity contribution in [2.45, 2.75) is 22.6 Å². The molecule has 0 aromatic heterocycles. The zero-order chi connectivity index (χ0) is 24.8. The lowest BCUT2D eigenvalue weighted by Crippen LogP contribution is -2.42. The van der Waals surface area contributed by atoms with E-state index in [9.17, 15) is 18.0 Å². The number of hydrogen-bond acceptors (Lipinski definition) is 7. The summed E-state index contributed by atoms with van der Waals surface area (Å²) in [6.45, 7) is 2.28. The number of nitrogens with zero attached hydrogens (tertiary/aromatic N) is 2. The fourth-order valence-corrected chi connectivity index (χ4v) is 6.62. The van der Waals surface area contributed by atoms with Gasteiger partial charge in [0, 0.05) is 42.7 Å². The molecule has 11 heteroatoms. The molecule has 2 aliphatic heterocycles. The quantitative estimate of drug-likeness (QED) is 0.514. The third-order valence-electron chi connectivity index (χ3n) is 6.18. The van der Waals surface area contributed by atoms with Crippen molar-refractivity contribution < 1.29 is 22.7 Å². The molecule has 2 fully saturated rings. The Morgan fingerprint density at radius 3 is 2.37 bits per heavy atom. The van der Waals surface area contributed by atoms with Crippen molar-refractivity contribution in [1.82, 2.24) is 4.31 Å². The van der Waals surface area contributed by atoms with Crippen molar-refractivity contribution >= 4 is 45.0 Å². The van der Waals surface area contributed by atoms with Crippen molar-refractivity contribution in [2.75, 3.05) is 55.4 Å². The Hall–Kier alpha value is -2.60. The zero-order valence-electron chi connectivity index (χ0n) is 19.4. The number of primary amides is 1. The Bertz CT molecular complexity index is 1150. The van der Waals surface area contributed by atoms with Crippen LogP contribution in [-0.4, -0.2) is 69.7 Å². The van der Waals surface area contributed by atoms with Gasteiger partial charge in [0.25, 0.3) is 0 Å². The smallest absolute Gasteiger partial charge is 0.245 e. The van der Waals surface area contributed by atoms with E-state index in [1.54, 1.807) is 12.1 Å². The molecule has 0 atom stereocenters. The van der Waals surface area contributed by atoms with Gasteiger partial charge in [0.15, 0.2) is 0 Å². The number of piperidine rings is 1. The molecular formula is C24H30N4O5S2. The molecular weight excluding hydrogens is 488 g/mol. The van der Waals surface area contributed by atoms with E-state index >= 15 is 0 Å². The van der Waals surface area contributed by atoms with E-state index in [0.29, 0.717) is 50.5 Å². The van der Waals surface area contributed by atoms with Gasteiger partial charge in [-0.15, -0.1) is 11.8 Å². The molecule has 9 nitrogen and oxygen atoms in total. The van der Waals surface area contributed by atoms with E-state index in [4.69, 9.17) is 10.5 Å². The highest BCUT2D eigenvalue weighted by Gasteiger charge is 2.32. The highest BCUT2D eigenvalue weighted by atomic mass is 32.2. The number of sulfonamides is 1. The number of nitrogens with two attached hydrogens (primary N) is 1. The van der Waals surface area contributed by atoms with Crippen LogP contribution in [-0.2, 0) is 24.3 Å². The van der Waals surface area contributed by atoms with E-state index in [1.165, 1.54) is 22.1 Å². The summed E-state index contributed by atoms with van der Waals surface area (Å²) >= 11 is 1.41. The molecule has 2 amide bonds. The van der Waals surface area contributed by atoms with Crippen molar-refractivity contribution in [3.8, 4) is 0 Å². The van der Waals surface area contributed by atoms with Crippen LogP contribution in [0.3, 0.4) is 0 Å². The van der Waals surface area contributed by atoms with Crippen LogP contribution in [0.1, 0.15) is 12.8 Å². The molecule has 0 spiro atoms.